The summed E-state index contributed by atoms with van der Waals surface area (Å²) in [5, 5.41) is 16.5. The Morgan fingerprint density at radius 3 is 2.54 bits per heavy atom. The van der Waals surface area contributed by atoms with Gasteiger partial charge in [-0.1, -0.05) is 19.6 Å². The van der Waals surface area contributed by atoms with Crippen LogP contribution in [-0.4, -0.2) is 68.8 Å². The van der Waals surface area contributed by atoms with Crippen LogP contribution in [0.15, 0.2) is 24.7 Å². The fraction of sp³-hybridized carbons (Fsp3) is 0.550. The van der Waals surface area contributed by atoms with Crippen molar-refractivity contribution in [1.29, 1.82) is 0 Å². The number of carbonyl (C=O) groups excluding carboxylic acids is 1. The van der Waals surface area contributed by atoms with Crippen LogP contribution >= 0.6 is 0 Å². The summed E-state index contributed by atoms with van der Waals surface area (Å²) >= 11 is 0. The Hall–Kier alpha value is -3.04. The van der Waals surface area contributed by atoms with E-state index in [0.29, 0.717) is 17.7 Å². The summed E-state index contributed by atoms with van der Waals surface area (Å²) in [6.45, 7) is 12.3. The first-order chi connectivity index (χ1) is 16.1. The van der Waals surface area contributed by atoms with Crippen molar-refractivity contribution < 1.29 is 22.7 Å². The summed E-state index contributed by atoms with van der Waals surface area (Å²) in [4.78, 5) is 13.4. The number of aryl methyl sites for hydroxylation is 1. The molecule has 0 radical (unpaired) electrons. The van der Waals surface area contributed by atoms with Crippen LogP contribution in [0.5, 0.6) is 0 Å². The van der Waals surface area contributed by atoms with E-state index in [2.05, 4.69) is 40.2 Å². The lowest BCUT2D eigenvalue weighted by Crippen LogP contribution is -2.39. The molecule has 0 aromatic carbocycles. The van der Waals surface area contributed by atoms with E-state index in [0.717, 1.165) is 10.0 Å². The molecule has 3 aromatic heterocycles. The largest absolute Gasteiger partial charge is 0.443 e. The number of rotatable bonds is 9. The SMILES string of the molecule is Cn1cc(-c2ccn(S(=O)(=O)NC(=O)OC(C)(C)C)c2-c2nnn(COCC[Si](C)(C)C)n2)cn1. The van der Waals surface area contributed by atoms with Crippen LogP contribution in [0.4, 0.5) is 4.79 Å². The first-order valence-corrected chi connectivity index (χ1v) is 16.1. The van der Waals surface area contributed by atoms with E-state index in [1.165, 1.54) is 11.0 Å². The Morgan fingerprint density at radius 1 is 1.23 bits per heavy atom. The molecule has 0 spiro atoms. The average molecular weight is 525 g/mol. The topological polar surface area (TPSA) is 148 Å². The Kier molecular flexibility index (Phi) is 7.52. The molecule has 0 saturated heterocycles. The molecule has 0 aliphatic rings. The molecular weight excluding hydrogens is 492 g/mol. The van der Waals surface area contributed by atoms with Crippen LogP contribution in [-0.2, 0) is 33.5 Å². The van der Waals surface area contributed by atoms with Crippen molar-refractivity contribution >= 4 is 24.4 Å². The predicted molar refractivity (Wildman–Crippen MR) is 131 cm³/mol. The zero-order valence-electron chi connectivity index (χ0n) is 21.0. The highest BCUT2D eigenvalue weighted by atomic mass is 32.2. The molecule has 15 heteroatoms. The zero-order valence-corrected chi connectivity index (χ0v) is 22.8. The second-order valence-corrected chi connectivity index (χ2v) is 17.4. The number of aromatic nitrogens is 7. The minimum atomic E-state index is -4.40. The Labute approximate surface area is 205 Å². The summed E-state index contributed by atoms with van der Waals surface area (Å²) in [5.74, 6) is 0.0391. The summed E-state index contributed by atoms with van der Waals surface area (Å²) in [6.07, 6.45) is 3.50. The lowest BCUT2D eigenvalue weighted by atomic mass is 10.1. The van der Waals surface area contributed by atoms with Crippen molar-refractivity contribution in [3.8, 4) is 22.6 Å². The molecular formula is C20H32N8O5SSi. The van der Waals surface area contributed by atoms with Gasteiger partial charge in [-0.3, -0.25) is 4.68 Å². The van der Waals surface area contributed by atoms with Crippen molar-refractivity contribution in [3.63, 3.8) is 0 Å². The Balaban J connectivity index is 1.93. The lowest BCUT2D eigenvalue weighted by Gasteiger charge is -2.20. The molecule has 1 amide bonds. The number of hydrogen-bond donors (Lipinski definition) is 1. The third-order valence-electron chi connectivity index (χ3n) is 4.61. The van der Waals surface area contributed by atoms with Crippen molar-refractivity contribution in [2.45, 2.75) is 58.8 Å². The highest BCUT2D eigenvalue weighted by Crippen LogP contribution is 2.32. The van der Waals surface area contributed by atoms with Crippen LogP contribution in [0.3, 0.4) is 0 Å². The third kappa shape index (κ3) is 7.22. The molecule has 3 heterocycles. The van der Waals surface area contributed by atoms with Gasteiger partial charge in [-0.25, -0.2) is 13.5 Å². The molecule has 0 bridgehead atoms. The van der Waals surface area contributed by atoms with Crippen LogP contribution in [0.1, 0.15) is 20.8 Å². The minimum absolute atomic E-state index is 0.0391. The Morgan fingerprint density at radius 2 is 1.94 bits per heavy atom. The fourth-order valence-corrected chi connectivity index (χ4v) is 4.75. The van der Waals surface area contributed by atoms with Crippen molar-refractivity contribution in [1.82, 2.24) is 38.7 Å². The number of amides is 1. The maximum atomic E-state index is 13.1. The molecule has 0 fully saturated rings. The molecule has 13 nitrogen and oxygen atoms in total. The lowest BCUT2D eigenvalue weighted by molar-refractivity contribution is 0.0569. The van der Waals surface area contributed by atoms with Crippen molar-refractivity contribution in [3.05, 3.63) is 24.7 Å². The number of nitrogens with zero attached hydrogens (tertiary/aromatic N) is 7. The molecule has 3 aromatic rings. The van der Waals surface area contributed by atoms with Crippen LogP contribution < -0.4 is 4.72 Å². The van der Waals surface area contributed by atoms with Gasteiger partial charge in [0.15, 0.2) is 6.73 Å². The van der Waals surface area contributed by atoms with Crippen molar-refractivity contribution in [2.24, 2.45) is 7.05 Å². The van der Waals surface area contributed by atoms with Crippen molar-refractivity contribution in [2.75, 3.05) is 6.61 Å². The van der Waals surface area contributed by atoms with E-state index < -0.39 is 30.0 Å². The molecule has 0 aliphatic heterocycles. The van der Waals surface area contributed by atoms with Gasteiger partial charge in [-0.05, 0) is 38.1 Å². The predicted octanol–water partition coefficient (Wildman–Crippen LogP) is 2.47. The van der Waals surface area contributed by atoms with E-state index >= 15 is 0 Å². The maximum Gasteiger partial charge on any atom is 0.422 e. The molecule has 1 N–H and O–H groups in total. The fourth-order valence-electron chi connectivity index (χ4n) is 3.00. The molecule has 192 valence electrons. The smallest absolute Gasteiger partial charge is 0.422 e. The van der Waals surface area contributed by atoms with E-state index in [1.807, 2.05) is 4.72 Å². The van der Waals surface area contributed by atoms with Gasteiger partial charge in [0.25, 0.3) is 0 Å². The van der Waals surface area contributed by atoms with Gasteiger partial charge in [0.1, 0.15) is 11.3 Å². The standard InChI is InChI=1S/C20H32N8O5SSi/c1-20(2,3)33-19(29)24-34(30,31)27-9-8-16(15-12-21-26(4)13-15)17(27)18-22-25-28(23-18)14-32-10-11-35(5,6)7/h8-9,12-13H,10-11,14H2,1-7H3,(H,24,29). The highest BCUT2D eigenvalue weighted by Gasteiger charge is 2.28. The minimum Gasteiger partial charge on any atom is -0.443 e. The average Bonchev–Trinajstić information content (AvgIpc) is 3.41. The number of hydrogen-bond acceptors (Lipinski definition) is 9. The van der Waals surface area contributed by atoms with Gasteiger partial charge in [0, 0.05) is 45.2 Å². The monoisotopic (exact) mass is 524 g/mol. The number of tetrazole rings is 1. The Bertz CT molecular complexity index is 1280. The zero-order chi connectivity index (χ0) is 26.0. The second-order valence-electron chi connectivity index (χ2n) is 10.2. The normalized spacial score (nSPS) is 12.7. The van der Waals surface area contributed by atoms with Crippen LogP contribution in [0, 0.1) is 0 Å². The van der Waals surface area contributed by atoms with Gasteiger partial charge < -0.3 is 9.47 Å². The summed E-state index contributed by atoms with van der Waals surface area (Å²) in [5.41, 5.74) is 0.366. The molecule has 0 saturated carbocycles. The van der Waals surface area contributed by atoms with Crippen LogP contribution in [0.25, 0.3) is 22.6 Å². The number of carbonyl (C=O) groups is 1. The number of nitrogens with one attached hydrogen (secondary N) is 1. The first kappa shape index (κ1) is 26.6. The highest BCUT2D eigenvalue weighted by molar-refractivity contribution is 7.88. The molecule has 35 heavy (non-hydrogen) atoms. The summed E-state index contributed by atoms with van der Waals surface area (Å²) in [7, 11) is -3.90. The second kappa shape index (κ2) is 9.91. The summed E-state index contributed by atoms with van der Waals surface area (Å²) < 4.78 is 41.4. The van der Waals surface area contributed by atoms with E-state index in [-0.39, 0.29) is 18.2 Å². The third-order valence-corrected chi connectivity index (χ3v) is 7.56. The number of ether oxygens (including phenoxy) is 2. The van der Waals surface area contributed by atoms with E-state index in [4.69, 9.17) is 9.47 Å². The van der Waals surface area contributed by atoms with Gasteiger partial charge >= 0.3 is 16.3 Å². The molecule has 3 rings (SSSR count). The van der Waals surface area contributed by atoms with Crippen LogP contribution in [0.2, 0.25) is 25.7 Å². The van der Waals surface area contributed by atoms with Gasteiger partial charge in [0.05, 0.1) is 6.20 Å². The van der Waals surface area contributed by atoms with E-state index in [1.54, 1.807) is 51.0 Å². The van der Waals surface area contributed by atoms with E-state index in [9.17, 15) is 13.2 Å². The molecule has 0 aliphatic carbocycles. The molecule has 0 atom stereocenters. The van der Waals surface area contributed by atoms with Gasteiger partial charge in [-0.2, -0.15) is 13.5 Å². The first-order valence-electron chi connectivity index (χ1n) is 11.0. The van der Waals surface area contributed by atoms with Gasteiger partial charge in [0.2, 0.25) is 5.82 Å². The quantitative estimate of drug-likeness (QED) is 0.329. The molecule has 0 unspecified atom stereocenters. The van der Waals surface area contributed by atoms with Gasteiger partial charge in [-0.15, -0.1) is 15.0 Å². The maximum absolute atomic E-state index is 13.1. The summed E-state index contributed by atoms with van der Waals surface area (Å²) in [6, 6.07) is 2.56.